The van der Waals surface area contributed by atoms with Gasteiger partial charge in [0, 0.05) is 18.7 Å². The summed E-state index contributed by atoms with van der Waals surface area (Å²) < 4.78 is 11.3. The molecule has 1 saturated heterocycles. The Labute approximate surface area is 102 Å². The topological polar surface area (TPSA) is 51.5 Å². The average molecular weight is 288 g/mol. The van der Waals surface area contributed by atoms with Crippen LogP contribution in [0.15, 0.2) is 15.2 Å². The molecule has 16 heavy (non-hydrogen) atoms. The summed E-state index contributed by atoms with van der Waals surface area (Å²) in [6, 6.07) is 1.78. The highest BCUT2D eigenvalue weighted by atomic mass is 79.9. The van der Waals surface area contributed by atoms with Crippen LogP contribution in [0, 0.1) is 6.92 Å². The van der Waals surface area contributed by atoms with Crippen LogP contribution in [0.1, 0.15) is 29.0 Å². The molecule has 1 N–H and O–H groups in total. The molecule has 1 amide bonds. The fourth-order valence-corrected chi connectivity index (χ4v) is 2.27. The van der Waals surface area contributed by atoms with Crippen LogP contribution in [0.2, 0.25) is 0 Å². The number of amides is 1. The molecule has 0 aliphatic carbocycles. The van der Waals surface area contributed by atoms with Gasteiger partial charge in [-0.15, -0.1) is 0 Å². The van der Waals surface area contributed by atoms with Crippen LogP contribution in [0.3, 0.4) is 0 Å². The van der Waals surface area contributed by atoms with Crippen LogP contribution in [0.5, 0.6) is 0 Å². The molecular formula is C11H14BrNO3. The van der Waals surface area contributed by atoms with Crippen LogP contribution < -0.4 is 5.32 Å². The zero-order valence-corrected chi connectivity index (χ0v) is 10.7. The van der Waals surface area contributed by atoms with E-state index in [0.717, 1.165) is 25.0 Å². The van der Waals surface area contributed by atoms with Crippen molar-refractivity contribution in [3.8, 4) is 0 Å². The largest absolute Gasteiger partial charge is 0.444 e. The van der Waals surface area contributed by atoms with Crippen LogP contribution in [-0.4, -0.2) is 25.2 Å². The van der Waals surface area contributed by atoms with Crippen molar-refractivity contribution in [3.05, 3.63) is 22.1 Å². The first-order chi connectivity index (χ1) is 7.66. The first kappa shape index (κ1) is 11.7. The summed E-state index contributed by atoms with van der Waals surface area (Å²) in [5.41, 5.74) is 0.830. The second kappa shape index (κ2) is 5.01. The summed E-state index contributed by atoms with van der Waals surface area (Å²) in [7, 11) is 0. The van der Waals surface area contributed by atoms with E-state index in [1.54, 1.807) is 6.07 Å². The molecule has 1 aliphatic rings. The number of furan rings is 1. The zero-order valence-electron chi connectivity index (χ0n) is 9.09. The highest BCUT2D eigenvalue weighted by molar-refractivity contribution is 9.10. The predicted octanol–water partition coefficient (Wildman–Crippen LogP) is 2.26. The number of halogens is 1. The Balaban J connectivity index is 1.90. The van der Waals surface area contributed by atoms with E-state index in [1.165, 1.54) is 0 Å². The van der Waals surface area contributed by atoms with Crippen molar-refractivity contribution in [1.82, 2.24) is 5.32 Å². The highest BCUT2D eigenvalue weighted by Crippen LogP contribution is 2.19. The molecule has 0 unspecified atom stereocenters. The third kappa shape index (κ3) is 2.65. The minimum atomic E-state index is -0.182. The van der Waals surface area contributed by atoms with E-state index in [2.05, 4.69) is 21.2 Å². The van der Waals surface area contributed by atoms with Crippen molar-refractivity contribution >= 4 is 21.8 Å². The lowest BCUT2D eigenvalue weighted by Gasteiger charge is -2.09. The van der Waals surface area contributed by atoms with Crippen molar-refractivity contribution in [2.75, 3.05) is 13.2 Å². The van der Waals surface area contributed by atoms with Crippen LogP contribution in [-0.2, 0) is 4.74 Å². The number of nitrogens with one attached hydrogen (secondary N) is 1. The summed E-state index contributed by atoms with van der Waals surface area (Å²) >= 11 is 3.20. The normalized spacial score (nSPS) is 20.0. The third-order valence-corrected chi connectivity index (χ3v) is 3.00. The van der Waals surface area contributed by atoms with Gasteiger partial charge in [-0.1, -0.05) is 0 Å². The second-order valence-corrected chi connectivity index (χ2v) is 4.69. The lowest BCUT2D eigenvalue weighted by Crippen LogP contribution is -2.31. The lowest BCUT2D eigenvalue weighted by molar-refractivity contribution is 0.0833. The number of carbonyl (C=O) groups is 1. The number of rotatable bonds is 3. The Morgan fingerprint density at radius 3 is 3.06 bits per heavy atom. The molecule has 0 radical (unpaired) electrons. The van der Waals surface area contributed by atoms with E-state index in [9.17, 15) is 4.79 Å². The van der Waals surface area contributed by atoms with Crippen LogP contribution in [0.25, 0.3) is 0 Å². The number of aryl methyl sites for hydroxylation is 1. The SMILES string of the molecule is Cc1cc(Br)oc1C(=O)NC[C@@H]1CCCO1. The Hall–Kier alpha value is -0.810. The summed E-state index contributed by atoms with van der Waals surface area (Å²) in [4.78, 5) is 11.8. The highest BCUT2D eigenvalue weighted by Gasteiger charge is 2.19. The van der Waals surface area contributed by atoms with Gasteiger partial charge in [-0.3, -0.25) is 4.79 Å². The smallest absolute Gasteiger partial charge is 0.287 e. The van der Waals surface area contributed by atoms with E-state index >= 15 is 0 Å². The summed E-state index contributed by atoms with van der Waals surface area (Å²) in [5, 5.41) is 2.82. The average Bonchev–Trinajstić information content (AvgIpc) is 2.84. The minimum Gasteiger partial charge on any atom is -0.444 e. The number of hydrogen-bond donors (Lipinski definition) is 1. The standard InChI is InChI=1S/C11H14BrNO3/c1-7-5-9(12)16-10(7)11(14)13-6-8-3-2-4-15-8/h5,8H,2-4,6H2,1H3,(H,13,14)/t8-/m0/s1. The van der Waals surface area contributed by atoms with Gasteiger partial charge < -0.3 is 14.5 Å². The lowest BCUT2D eigenvalue weighted by atomic mass is 10.2. The molecule has 5 heteroatoms. The van der Waals surface area contributed by atoms with Gasteiger partial charge >= 0.3 is 0 Å². The number of hydrogen-bond acceptors (Lipinski definition) is 3. The van der Waals surface area contributed by atoms with E-state index in [1.807, 2.05) is 6.92 Å². The second-order valence-electron chi connectivity index (χ2n) is 3.91. The molecule has 0 bridgehead atoms. The van der Waals surface area contributed by atoms with Gasteiger partial charge in [0.05, 0.1) is 6.10 Å². The molecule has 88 valence electrons. The monoisotopic (exact) mass is 287 g/mol. The van der Waals surface area contributed by atoms with Gasteiger partial charge in [-0.25, -0.2) is 0 Å². The van der Waals surface area contributed by atoms with E-state index < -0.39 is 0 Å². The molecular weight excluding hydrogens is 274 g/mol. The fraction of sp³-hybridized carbons (Fsp3) is 0.545. The maximum absolute atomic E-state index is 11.8. The summed E-state index contributed by atoms with van der Waals surface area (Å²) in [5.74, 6) is 0.184. The quantitative estimate of drug-likeness (QED) is 0.928. The van der Waals surface area contributed by atoms with Crippen molar-refractivity contribution in [2.45, 2.75) is 25.9 Å². The molecule has 1 aromatic heterocycles. The molecule has 2 heterocycles. The van der Waals surface area contributed by atoms with Crippen molar-refractivity contribution in [2.24, 2.45) is 0 Å². The first-order valence-electron chi connectivity index (χ1n) is 5.32. The predicted molar refractivity (Wildman–Crippen MR) is 62.5 cm³/mol. The molecule has 1 aromatic rings. The third-order valence-electron chi connectivity index (χ3n) is 2.61. The van der Waals surface area contributed by atoms with Crippen molar-refractivity contribution < 1.29 is 13.9 Å². The molecule has 1 atom stereocenters. The Bertz CT molecular complexity index is 383. The molecule has 0 aromatic carbocycles. The maximum Gasteiger partial charge on any atom is 0.287 e. The van der Waals surface area contributed by atoms with Gasteiger partial charge in [0.25, 0.3) is 5.91 Å². The Morgan fingerprint density at radius 2 is 2.50 bits per heavy atom. The summed E-state index contributed by atoms with van der Waals surface area (Å²) in [6.07, 6.45) is 2.25. The van der Waals surface area contributed by atoms with E-state index in [0.29, 0.717) is 17.0 Å². The first-order valence-corrected chi connectivity index (χ1v) is 6.12. The van der Waals surface area contributed by atoms with E-state index in [-0.39, 0.29) is 12.0 Å². The van der Waals surface area contributed by atoms with Crippen LogP contribution >= 0.6 is 15.9 Å². The van der Waals surface area contributed by atoms with Gasteiger partial charge in [0.1, 0.15) is 0 Å². The molecule has 0 saturated carbocycles. The fourth-order valence-electron chi connectivity index (χ4n) is 1.76. The van der Waals surface area contributed by atoms with Gasteiger partial charge in [0.2, 0.25) is 0 Å². The van der Waals surface area contributed by atoms with Crippen molar-refractivity contribution in [1.29, 1.82) is 0 Å². The molecule has 2 rings (SSSR count). The molecule has 4 nitrogen and oxygen atoms in total. The minimum absolute atomic E-state index is 0.155. The number of carbonyl (C=O) groups excluding carboxylic acids is 1. The molecule has 0 spiro atoms. The van der Waals surface area contributed by atoms with E-state index in [4.69, 9.17) is 9.15 Å². The Morgan fingerprint density at radius 1 is 1.69 bits per heavy atom. The van der Waals surface area contributed by atoms with Gasteiger partial charge in [-0.05, 0) is 41.8 Å². The molecule has 1 fully saturated rings. The van der Waals surface area contributed by atoms with Gasteiger partial charge in [0.15, 0.2) is 10.4 Å². The maximum atomic E-state index is 11.8. The van der Waals surface area contributed by atoms with Crippen LogP contribution in [0.4, 0.5) is 0 Å². The van der Waals surface area contributed by atoms with Gasteiger partial charge in [-0.2, -0.15) is 0 Å². The number of ether oxygens (including phenoxy) is 1. The Kier molecular flexibility index (Phi) is 3.66. The van der Waals surface area contributed by atoms with Crippen molar-refractivity contribution in [3.63, 3.8) is 0 Å². The summed E-state index contributed by atoms with van der Waals surface area (Å²) in [6.45, 7) is 3.19. The zero-order chi connectivity index (χ0) is 11.5. The molecule has 1 aliphatic heterocycles.